The van der Waals surface area contributed by atoms with Crippen LogP contribution in [0.4, 0.5) is 0 Å². The van der Waals surface area contributed by atoms with E-state index in [9.17, 15) is 9.59 Å². The SMILES string of the molecule is CC1(C)CC(=O)C2(CCCC2)C(=O)C1. The van der Waals surface area contributed by atoms with Gasteiger partial charge in [-0.1, -0.05) is 26.7 Å². The van der Waals surface area contributed by atoms with E-state index in [4.69, 9.17) is 0 Å². The normalized spacial score (nSPS) is 29.9. The van der Waals surface area contributed by atoms with Crippen molar-refractivity contribution >= 4 is 11.6 Å². The molecule has 2 nitrogen and oxygen atoms in total. The maximum absolute atomic E-state index is 12.0. The molecule has 2 aliphatic carbocycles. The van der Waals surface area contributed by atoms with Gasteiger partial charge < -0.3 is 0 Å². The number of hydrogen-bond donors (Lipinski definition) is 0. The summed E-state index contributed by atoms with van der Waals surface area (Å²) in [6, 6.07) is 0. The molecular weight excluding hydrogens is 176 g/mol. The van der Waals surface area contributed by atoms with Crippen LogP contribution in [0.2, 0.25) is 0 Å². The summed E-state index contributed by atoms with van der Waals surface area (Å²) in [6.07, 6.45) is 4.94. The highest BCUT2D eigenvalue weighted by Gasteiger charge is 2.52. The quantitative estimate of drug-likeness (QED) is 0.555. The third-order valence-corrected chi connectivity index (χ3v) is 3.80. The first-order valence-corrected chi connectivity index (χ1v) is 5.53. The van der Waals surface area contributed by atoms with E-state index in [0.717, 1.165) is 25.7 Å². The van der Waals surface area contributed by atoms with E-state index in [1.54, 1.807) is 0 Å². The summed E-state index contributed by atoms with van der Waals surface area (Å²) < 4.78 is 0. The number of rotatable bonds is 0. The summed E-state index contributed by atoms with van der Waals surface area (Å²) in [5.74, 6) is 0.438. The van der Waals surface area contributed by atoms with Gasteiger partial charge in [-0.25, -0.2) is 0 Å². The van der Waals surface area contributed by atoms with Gasteiger partial charge in [0.1, 0.15) is 11.6 Å². The molecule has 0 aromatic heterocycles. The molecule has 14 heavy (non-hydrogen) atoms. The number of hydrogen-bond acceptors (Lipinski definition) is 2. The first kappa shape index (κ1) is 9.88. The van der Waals surface area contributed by atoms with Gasteiger partial charge in [0.15, 0.2) is 0 Å². The Morgan fingerprint density at radius 2 is 1.36 bits per heavy atom. The summed E-state index contributed by atoms with van der Waals surface area (Å²) in [5.41, 5.74) is -0.627. The van der Waals surface area contributed by atoms with Gasteiger partial charge in [-0.3, -0.25) is 9.59 Å². The maximum atomic E-state index is 12.0. The molecule has 1 spiro atoms. The number of carbonyl (C=O) groups is 2. The lowest BCUT2D eigenvalue weighted by Crippen LogP contribution is -2.45. The molecule has 0 bridgehead atoms. The van der Waals surface area contributed by atoms with Crippen LogP contribution < -0.4 is 0 Å². The van der Waals surface area contributed by atoms with Crippen molar-refractivity contribution in [1.82, 2.24) is 0 Å². The molecular formula is C12H18O2. The molecule has 0 aliphatic heterocycles. The van der Waals surface area contributed by atoms with Gasteiger partial charge in [-0.2, -0.15) is 0 Å². The highest BCUT2D eigenvalue weighted by molar-refractivity contribution is 6.09. The largest absolute Gasteiger partial charge is 0.299 e. The summed E-state index contributed by atoms with van der Waals surface area (Å²) in [4.78, 5) is 24.0. The lowest BCUT2D eigenvalue weighted by atomic mass is 9.63. The Labute approximate surface area is 85.1 Å². The molecule has 0 amide bonds. The fourth-order valence-electron chi connectivity index (χ4n) is 2.96. The van der Waals surface area contributed by atoms with Crippen molar-refractivity contribution < 1.29 is 9.59 Å². The van der Waals surface area contributed by atoms with Crippen LogP contribution in [-0.2, 0) is 9.59 Å². The zero-order valence-electron chi connectivity index (χ0n) is 9.06. The van der Waals surface area contributed by atoms with Gasteiger partial charge in [-0.05, 0) is 18.3 Å². The van der Waals surface area contributed by atoms with Crippen LogP contribution >= 0.6 is 0 Å². The Hall–Kier alpha value is -0.660. The summed E-state index contributed by atoms with van der Waals surface area (Å²) in [5, 5.41) is 0. The molecule has 2 saturated carbocycles. The van der Waals surface area contributed by atoms with Crippen molar-refractivity contribution in [1.29, 1.82) is 0 Å². The van der Waals surface area contributed by atoms with E-state index < -0.39 is 5.41 Å². The van der Waals surface area contributed by atoms with Gasteiger partial charge in [0.25, 0.3) is 0 Å². The highest BCUT2D eigenvalue weighted by atomic mass is 16.2. The van der Waals surface area contributed by atoms with Gasteiger partial charge >= 0.3 is 0 Å². The zero-order valence-corrected chi connectivity index (χ0v) is 9.06. The van der Waals surface area contributed by atoms with Crippen molar-refractivity contribution in [3.05, 3.63) is 0 Å². The first-order valence-electron chi connectivity index (χ1n) is 5.53. The average Bonchev–Trinajstić information content (AvgIpc) is 2.48. The van der Waals surface area contributed by atoms with Crippen LogP contribution in [0, 0.1) is 10.8 Å². The summed E-state index contributed by atoms with van der Waals surface area (Å²) in [7, 11) is 0. The van der Waals surface area contributed by atoms with Gasteiger partial charge in [-0.15, -0.1) is 0 Å². The first-order chi connectivity index (χ1) is 6.46. The summed E-state index contributed by atoms with van der Waals surface area (Å²) in [6.45, 7) is 4.04. The summed E-state index contributed by atoms with van der Waals surface area (Å²) >= 11 is 0. The Kier molecular flexibility index (Phi) is 2.06. The zero-order chi connectivity index (χ0) is 10.4. The van der Waals surface area contributed by atoms with E-state index in [2.05, 4.69) is 0 Å². The third kappa shape index (κ3) is 1.32. The fourth-order valence-corrected chi connectivity index (χ4v) is 2.96. The van der Waals surface area contributed by atoms with E-state index in [1.165, 1.54) is 0 Å². The molecule has 78 valence electrons. The second kappa shape index (κ2) is 2.91. The van der Waals surface area contributed by atoms with Crippen LogP contribution in [0.1, 0.15) is 52.4 Å². The Morgan fingerprint density at radius 1 is 0.929 bits per heavy atom. The number of ketones is 2. The molecule has 0 radical (unpaired) electrons. The van der Waals surface area contributed by atoms with Gasteiger partial charge in [0.05, 0.1) is 5.41 Å². The standard InChI is InChI=1S/C12H18O2/c1-11(2)7-9(13)12(10(14)8-11)5-3-4-6-12/h3-8H2,1-2H3. The van der Waals surface area contributed by atoms with Crippen LogP contribution in [0.15, 0.2) is 0 Å². The van der Waals surface area contributed by atoms with Crippen molar-refractivity contribution in [2.24, 2.45) is 10.8 Å². The predicted octanol–water partition coefficient (Wildman–Crippen LogP) is 2.51. The van der Waals surface area contributed by atoms with E-state index in [1.807, 2.05) is 13.8 Å². The molecule has 0 heterocycles. The van der Waals surface area contributed by atoms with Crippen molar-refractivity contribution in [3.8, 4) is 0 Å². The maximum Gasteiger partial charge on any atom is 0.146 e. The molecule has 2 heteroatoms. The second-order valence-electron chi connectivity index (χ2n) is 5.65. The van der Waals surface area contributed by atoms with E-state index in [-0.39, 0.29) is 17.0 Å². The van der Waals surface area contributed by atoms with Crippen molar-refractivity contribution in [2.45, 2.75) is 52.4 Å². The van der Waals surface area contributed by atoms with Crippen molar-refractivity contribution in [2.75, 3.05) is 0 Å². The Bertz CT molecular complexity index is 261. The second-order valence-corrected chi connectivity index (χ2v) is 5.65. The van der Waals surface area contributed by atoms with Crippen LogP contribution in [0.5, 0.6) is 0 Å². The highest BCUT2D eigenvalue weighted by Crippen LogP contribution is 2.48. The topological polar surface area (TPSA) is 34.1 Å². The molecule has 2 rings (SSSR count). The van der Waals surface area contributed by atoms with Crippen LogP contribution in [-0.4, -0.2) is 11.6 Å². The minimum atomic E-state index is -0.532. The van der Waals surface area contributed by atoms with Gasteiger partial charge in [0, 0.05) is 12.8 Å². The lowest BCUT2D eigenvalue weighted by molar-refractivity contribution is -0.147. The number of carbonyl (C=O) groups excluding carboxylic acids is 2. The molecule has 0 saturated heterocycles. The van der Waals surface area contributed by atoms with Crippen molar-refractivity contribution in [3.63, 3.8) is 0 Å². The Balaban J connectivity index is 2.28. The smallest absolute Gasteiger partial charge is 0.146 e. The lowest BCUT2D eigenvalue weighted by Gasteiger charge is -2.38. The third-order valence-electron chi connectivity index (χ3n) is 3.80. The van der Waals surface area contributed by atoms with Crippen LogP contribution in [0.3, 0.4) is 0 Å². The molecule has 0 aromatic rings. The molecule has 0 atom stereocenters. The number of Topliss-reactive ketones (excluding diaryl/α,β-unsaturated/α-hetero) is 2. The Morgan fingerprint density at radius 3 is 1.79 bits per heavy atom. The molecule has 2 aliphatic rings. The molecule has 0 N–H and O–H groups in total. The van der Waals surface area contributed by atoms with E-state index in [0.29, 0.717) is 12.8 Å². The van der Waals surface area contributed by atoms with E-state index >= 15 is 0 Å². The minimum Gasteiger partial charge on any atom is -0.299 e. The fraction of sp³-hybridized carbons (Fsp3) is 0.833. The van der Waals surface area contributed by atoms with Crippen LogP contribution in [0.25, 0.3) is 0 Å². The molecule has 0 aromatic carbocycles. The predicted molar refractivity (Wildman–Crippen MR) is 53.9 cm³/mol. The molecule has 0 unspecified atom stereocenters. The van der Waals surface area contributed by atoms with Gasteiger partial charge in [0.2, 0.25) is 0 Å². The molecule has 2 fully saturated rings. The average molecular weight is 194 g/mol. The monoisotopic (exact) mass is 194 g/mol. The minimum absolute atomic E-state index is 0.0952.